The largest absolute Gasteiger partial charge is 2.00 e. The molecule has 0 aromatic rings. The molecular weight excluding hydrogens is 164 g/mol. The Kier molecular flexibility index (Phi) is 10.2. The Morgan fingerprint density at radius 3 is 2.33 bits per heavy atom. The minimum absolute atomic E-state index is 0. The molecule has 0 bridgehead atoms. The van der Waals surface area contributed by atoms with Gasteiger partial charge in [-0.1, -0.05) is 6.92 Å². The van der Waals surface area contributed by atoms with Gasteiger partial charge >= 0.3 is 43.7 Å². The van der Waals surface area contributed by atoms with Gasteiger partial charge in [-0.2, -0.15) is 11.8 Å². The summed E-state index contributed by atoms with van der Waals surface area (Å²) in [6, 6.07) is 0. The Morgan fingerprint density at radius 1 is 1.89 bits per heavy atom. The van der Waals surface area contributed by atoms with Gasteiger partial charge in [0.15, 0.2) is 0 Å². The van der Waals surface area contributed by atoms with Crippen LogP contribution in [0.25, 0.3) is 0 Å². The number of hydrogen-bond donors (Lipinski definition) is 1. The zero-order chi connectivity index (χ0) is 6.57. The van der Waals surface area contributed by atoms with Crippen LogP contribution in [0.3, 0.4) is 0 Å². The number of carbonyl (C=O) groups is 1. The number of carboxylic acid groups (broad SMARTS) is 1. The first kappa shape index (κ1) is 12.7. The van der Waals surface area contributed by atoms with Crippen LogP contribution in [0.1, 0.15) is 16.2 Å². The molecule has 0 aromatic carbocycles. The number of aliphatic carboxylic acids is 1. The second-order valence-electron chi connectivity index (χ2n) is 1.47. The van der Waals surface area contributed by atoms with Crippen molar-refractivity contribution in [2.45, 2.75) is 18.6 Å². The van der Waals surface area contributed by atoms with Crippen LogP contribution in [0.15, 0.2) is 0 Å². The normalized spacial score (nSPS) is 11.8. The number of hydrogen-bond acceptors (Lipinski definition) is 2. The van der Waals surface area contributed by atoms with E-state index in [1.54, 1.807) is 0 Å². The van der Waals surface area contributed by atoms with Crippen LogP contribution in [0.4, 0.5) is 0 Å². The third-order valence-electron chi connectivity index (χ3n) is 0.931. The van der Waals surface area contributed by atoms with Gasteiger partial charge in [0.2, 0.25) is 0 Å². The molecule has 2 nitrogen and oxygen atoms in total. The summed E-state index contributed by atoms with van der Waals surface area (Å²) in [5.41, 5.74) is 0. The van der Waals surface area contributed by atoms with E-state index in [0.717, 1.165) is 0 Å². The van der Waals surface area contributed by atoms with E-state index in [2.05, 4.69) is 0 Å². The van der Waals surface area contributed by atoms with E-state index < -0.39 is 5.97 Å². The van der Waals surface area contributed by atoms with Crippen molar-refractivity contribution in [3.05, 3.63) is 0 Å². The quantitative estimate of drug-likeness (QED) is 0.653. The molecule has 0 aromatic heterocycles. The van der Waals surface area contributed by atoms with E-state index in [1.165, 1.54) is 11.8 Å². The van der Waals surface area contributed by atoms with Crippen molar-refractivity contribution < 1.29 is 12.8 Å². The van der Waals surface area contributed by atoms with Crippen molar-refractivity contribution in [2.75, 3.05) is 6.26 Å². The maximum absolute atomic E-state index is 10.1. The first-order valence-electron chi connectivity index (χ1n) is 2.48. The molecule has 1 atom stereocenters. The van der Waals surface area contributed by atoms with Gasteiger partial charge in [0.05, 0.1) is 0 Å². The van der Waals surface area contributed by atoms with Gasteiger partial charge in [-0.3, -0.25) is 4.79 Å². The maximum Gasteiger partial charge on any atom is 2.00 e. The number of rotatable bonds is 3. The Morgan fingerprint density at radius 2 is 2.33 bits per heavy atom. The standard InChI is InChI=1S/C5H10O2S.Ca.2H/c1-3-4(8-2)5(6)7;;;/h4H,3H2,1-2H3,(H,6,7);;;/q;+2;2*-1. The Balaban J connectivity index is -0.0000000817. The molecule has 0 saturated heterocycles. The summed E-state index contributed by atoms with van der Waals surface area (Å²) in [5.74, 6) is -0.708. The zero-order valence-electron chi connectivity index (χ0n) is 7.76. The monoisotopic (exact) mass is 176 g/mol. The third kappa shape index (κ3) is 5.52. The molecule has 0 aliphatic heterocycles. The number of thioether (sulfide) groups is 1. The van der Waals surface area contributed by atoms with Crippen molar-refractivity contribution in [3.8, 4) is 0 Å². The molecule has 52 valence electrons. The fourth-order valence-corrected chi connectivity index (χ4v) is 0.977. The van der Waals surface area contributed by atoms with Crippen LogP contribution in [-0.4, -0.2) is 60.3 Å². The average molecular weight is 176 g/mol. The van der Waals surface area contributed by atoms with Crippen molar-refractivity contribution in [3.63, 3.8) is 0 Å². The van der Waals surface area contributed by atoms with E-state index in [9.17, 15) is 4.79 Å². The van der Waals surface area contributed by atoms with Crippen LogP contribution in [0, 0.1) is 0 Å². The SMILES string of the molecule is CCC(SC)C(=O)O.[Ca+2].[H-].[H-]. The second-order valence-corrected chi connectivity index (χ2v) is 2.51. The van der Waals surface area contributed by atoms with Gasteiger partial charge in [0.25, 0.3) is 0 Å². The van der Waals surface area contributed by atoms with E-state index in [-0.39, 0.29) is 45.8 Å². The molecule has 9 heavy (non-hydrogen) atoms. The smallest absolute Gasteiger partial charge is 1.00 e. The minimum atomic E-state index is -0.708. The maximum atomic E-state index is 10.1. The van der Waals surface area contributed by atoms with E-state index in [0.29, 0.717) is 6.42 Å². The van der Waals surface area contributed by atoms with Crippen LogP contribution >= 0.6 is 11.8 Å². The molecule has 0 rings (SSSR count). The van der Waals surface area contributed by atoms with Gasteiger partial charge in [0, 0.05) is 0 Å². The topological polar surface area (TPSA) is 37.3 Å². The van der Waals surface area contributed by atoms with Crippen LogP contribution in [0.2, 0.25) is 0 Å². The molecule has 0 saturated carbocycles. The minimum Gasteiger partial charge on any atom is -1.00 e. The molecule has 0 aliphatic carbocycles. The summed E-state index contributed by atoms with van der Waals surface area (Å²) in [6.07, 6.45) is 2.51. The molecule has 4 heteroatoms. The molecule has 0 spiro atoms. The molecule has 1 unspecified atom stereocenters. The molecular formula is C5H12CaO2S. The summed E-state index contributed by atoms with van der Waals surface area (Å²) in [5, 5.41) is 8.14. The fraction of sp³-hybridized carbons (Fsp3) is 0.800. The molecule has 0 amide bonds. The Labute approximate surface area is 92.4 Å². The van der Waals surface area contributed by atoms with Crippen molar-refractivity contribution in [1.29, 1.82) is 0 Å². The summed E-state index contributed by atoms with van der Waals surface area (Å²) < 4.78 is 0. The van der Waals surface area contributed by atoms with Crippen molar-refractivity contribution >= 4 is 55.5 Å². The second kappa shape index (κ2) is 7.19. The fourth-order valence-electron chi connectivity index (χ4n) is 0.442. The third-order valence-corrected chi connectivity index (χ3v) is 2.03. The first-order chi connectivity index (χ1) is 3.72. The van der Waals surface area contributed by atoms with Gasteiger partial charge in [0.1, 0.15) is 5.25 Å². The van der Waals surface area contributed by atoms with Gasteiger partial charge < -0.3 is 7.96 Å². The summed E-state index contributed by atoms with van der Waals surface area (Å²) in [4.78, 5) is 10.1. The van der Waals surface area contributed by atoms with Crippen LogP contribution in [-0.2, 0) is 4.79 Å². The van der Waals surface area contributed by atoms with E-state index in [1.807, 2.05) is 13.2 Å². The van der Waals surface area contributed by atoms with Crippen LogP contribution in [0.5, 0.6) is 0 Å². The molecule has 0 aliphatic rings. The van der Waals surface area contributed by atoms with Crippen molar-refractivity contribution in [1.82, 2.24) is 0 Å². The van der Waals surface area contributed by atoms with Crippen molar-refractivity contribution in [2.24, 2.45) is 0 Å². The zero-order valence-corrected chi connectivity index (χ0v) is 8.78. The number of carboxylic acids is 1. The molecule has 0 fully saturated rings. The summed E-state index contributed by atoms with van der Waals surface area (Å²) in [6.45, 7) is 1.87. The molecule has 0 radical (unpaired) electrons. The Bertz CT molecular complexity index is 90.6. The van der Waals surface area contributed by atoms with Gasteiger partial charge in [-0.15, -0.1) is 0 Å². The predicted octanol–water partition coefficient (Wildman–Crippen LogP) is 1.06. The average Bonchev–Trinajstić information content (AvgIpc) is 1.69. The molecule has 1 N–H and O–H groups in total. The molecule has 0 heterocycles. The predicted molar refractivity (Wildman–Crippen MR) is 43.2 cm³/mol. The van der Waals surface area contributed by atoms with E-state index >= 15 is 0 Å². The van der Waals surface area contributed by atoms with E-state index in [4.69, 9.17) is 5.11 Å². The Hall–Kier alpha value is 1.08. The first-order valence-corrected chi connectivity index (χ1v) is 3.76. The summed E-state index contributed by atoms with van der Waals surface area (Å²) >= 11 is 1.38. The van der Waals surface area contributed by atoms with Gasteiger partial charge in [-0.05, 0) is 12.7 Å². The van der Waals surface area contributed by atoms with Crippen LogP contribution < -0.4 is 0 Å². The van der Waals surface area contributed by atoms with Gasteiger partial charge in [-0.25, -0.2) is 0 Å². The summed E-state index contributed by atoms with van der Waals surface area (Å²) in [7, 11) is 0.